The average molecular weight is 316 g/mol. The fourth-order valence-electron chi connectivity index (χ4n) is 5.35. The van der Waals surface area contributed by atoms with Crippen LogP contribution in [0.1, 0.15) is 57.2 Å². The summed E-state index contributed by atoms with van der Waals surface area (Å²) in [7, 11) is 0. The highest BCUT2D eigenvalue weighted by molar-refractivity contribution is 5.21. The molecule has 4 rings (SSSR count). The highest BCUT2D eigenvalue weighted by Gasteiger charge is 2.42. The molecule has 3 fully saturated rings. The first-order valence-corrected chi connectivity index (χ1v) is 9.28. The standard InChI is InChI=1S/C19H28N2O2/c1-13(17-9-14-4-5-15(17)8-14)21-12-19(23)18(22)10-16(21)11-20-6-2-3-7-20/h10,12-15,17,23H,2-9,11H2,1H3. The van der Waals surface area contributed by atoms with Crippen molar-refractivity contribution in [2.75, 3.05) is 13.1 Å². The third kappa shape index (κ3) is 2.82. The molecule has 4 atom stereocenters. The van der Waals surface area contributed by atoms with Crippen LogP contribution < -0.4 is 5.43 Å². The van der Waals surface area contributed by atoms with Crippen LogP contribution in [0.25, 0.3) is 0 Å². The van der Waals surface area contributed by atoms with Crippen LogP contribution in [0.5, 0.6) is 5.75 Å². The number of aromatic hydroxyl groups is 1. The molecule has 2 bridgehead atoms. The topological polar surface area (TPSA) is 45.5 Å². The molecule has 1 N–H and O–H groups in total. The molecule has 2 aliphatic carbocycles. The molecule has 0 spiro atoms. The zero-order valence-electron chi connectivity index (χ0n) is 14.1. The molecule has 1 aromatic heterocycles. The summed E-state index contributed by atoms with van der Waals surface area (Å²) in [6, 6.07) is 2.03. The Hall–Kier alpha value is -1.29. The van der Waals surface area contributed by atoms with Crippen LogP contribution in [0.15, 0.2) is 17.1 Å². The van der Waals surface area contributed by atoms with Crippen molar-refractivity contribution in [1.82, 2.24) is 9.47 Å². The van der Waals surface area contributed by atoms with E-state index in [9.17, 15) is 9.90 Å². The van der Waals surface area contributed by atoms with E-state index in [4.69, 9.17) is 0 Å². The molecule has 1 saturated heterocycles. The Balaban J connectivity index is 1.62. The number of likely N-dealkylation sites (tertiary alicyclic amines) is 1. The summed E-state index contributed by atoms with van der Waals surface area (Å²) in [5.74, 6) is 2.36. The normalized spacial score (nSPS) is 31.8. The monoisotopic (exact) mass is 316 g/mol. The number of nitrogens with zero attached hydrogens (tertiary/aromatic N) is 2. The van der Waals surface area contributed by atoms with Crippen molar-refractivity contribution >= 4 is 0 Å². The lowest BCUT2D eigenvalue weighted by molar-refractivity contribution is 0.229. The van der Waals surface area contributed by atoms with Gasteiger partial charge in [-0.3, -0.25) is 9.69 Å². The van der Waals surface area contributed by atoms with Crippen LogP contribution in [0.3, 0.4) is 0 Å². The minimum atomic E-state index is -0.240. The lowest BCUT2D eigenvalue weighted by Crippen LogP contribution is -2.28. The number of pyridine rings is 1. The Morgan fingerprint density at radius 3 is 2.70 bits per heavy atom. The zero-order valence-corrected chi connectivity index (χ0v) is 14.1. The van der Waals surface area contributed by atoms with Crippen LogP contribution in [0, 0.1) is 17.8 Å². The van der Waals surface area contributed by atoms with E-state index in [0.29, 0.717) is 12.0 Å². The van der Waals surface area contributed by atoms with Gasteiger partial charge < -0.3 is 9.67 Å². The van der Waals surface area contributed by atoms with E-state index in [2.05, 4.69) is 16.4 Å². The van der Waals surface area contributed by atoms with Gasteiger partial charge in [0.25, 0.3) is 0 Å². The van der Waals surface area contributed by atoms with Crippen molar-refractivity contribution in [2.24, 2.45) is 17.8 Å². The van der Waals surface area contributed by atoms with Gasteiger partial charge in [-0.15, -0.1) is 0 Å². The second-order valence-electron chi connectivity index (χ2n) is 7.98. The molecule has 1 aromatic rings. The van der Waals surface area contributed by atoms with Crippen LogP contribution in [-0.4, -0.2) is 27.7 Å². The SMILES string of the molecule is CC(C1CC2CCC1C2)n1cc(O)c(=O)cc1CN1CCCC1. The van der Waals surface area contributed by atoms with E-state index < -0.39 is 0 Å². The van der Waals surface area contributed by atoms with Gasteiger partial charge in [0, 0.05) is 24.3 Å². The van der Waals surface area contributed by atoms with Crippen molar-refractivity contribution in [2.45, 2.75) is 58.0 Å². The highest BCUT2D eigenvalue weighted by atomic mass is 16.3. The predicted molar refractivity (Wildman–Crippen MR) is 90.5 cm³/mol. The van der Waals surface area contributed by atoms with E-state index in [0.717, 1.165) is 37.2 Å². The molecule has 126 valence electrons. The maximum atomic E-state index is 12.0. The Morgan fingerprint density at radius 2 is 2.04 bits per heavy atom. The second-order valence-corrected chi connectivity index (χ2v) is 7.98. The van der Waals surface area contributed by atoms with Gasteiger partial charge in [-0.2, -0.15) is 0 Å². The maximum Gasteiger partial charge on any atom is 0.223 e. The smallest absolute Gasteiger partial charge is 0.223 e. The van der Waals surface area contributed by atoms with E-state index in [1.54, 1.807) is 12.3 Å². The number of aromatic nitrogens is 1. The Bertz CT molecular complexity index is 633. The molecule has 0 aromatic carbocycles. The third-order valence-electron chi connectivity index (χ3n) is 6.58. The lowest BCUT2D eigenvalue weighted by Gasteiger charge is -2.32. The van der Waals surface area contributed by atoms with Crippen LogP contribution >= 0.6 is 0 Å². The number of hydrogen-bond acceptors (Lipinski definition) is 3. The number of hydrogen-bond donors (Lipinski definition) is 1. The van der Waals surface area contributed by atoms with Crippen molar-refractivity contribution in [1.29, 1.82) is 0 Å². The Labute approximate surface area is 138 Å². The maximum absolute atomic E-state index is 12.0. The fourth-order valence-corrected chi connectivity index (χ4v) is 5.35. The quantitative estimate of drug-likeness (QED) is 0.928. The van der Waals surface area contributed by atoms with Gasteiger partial charge in [0.15, 0.2) is 5.75 Å². The fraction of sp³-hybridized carbons (Fsp3) is 0.737. The molecule has 2 saturated carbocycles. The largest absolute Gasteiger partial charge is 0.503 e. The Morgan fingerprint density at radius 1 is 1.26 bits per heavy atom. The molecular formula is C19H28N2O2. The molecule has 23 heavy (non-hydrogen) atoms. The minimum Gasteiger partial charge on any atom is -0.503 e. The van der Waals surface area contributed by atoms with Gasteiger partial charge in [0.2, 0.25) is 5.43 Å². The van der Waals surface area contributed by atoms with E-state index >= 15 is 0 Å². The summed E-state index contributed by atoms with van der Waals surface area (Å²) in [4.78, 5) is 14.4. The van der Waals surface area contributed by atoms with Crippen LogP contribution in [0.4, 0.5) is 0 Å². The molecule has 3 aliphatic rings. The molecule has 4 heteroatoms. The van der Waals surface area contributed by atoms with Gasteiger partial charge in [-0.25, -0.2) is 0 Å². The van der Waals surface area contributed by atoms with E-state index in [1.807, 2.05) is 0 Å². The number of rotatable bonds is 4. The highest BCUT2D eigenvalue weighted by Crippen LogP contribution is 2.52. The first kappa shape index (κ1) is 15.3. The van der Waals surface area contributed by atoms with E-state index in [-0.39, 0.29) is 11.2 Å². The van der Waals surface area contributed by atoms with Crippen LogP contribution in [0.2, 0.25) is 0 Å². The number of fused-ring (bicyclic) bond motifs is 2. The molecule has 1 aliphatic heterocycles. The summed E-state index contributed by atoms with van der Waals surface area (Å²) in [6.07, 6.45) is 9.70. The van der Waals surface area contributed by atoms with Gasteiger partial charge in [0.05, 0.1) is 6.20 Å². The molecular weight excluding hydrogens is 288 g/mol. The minimum absolute atomic E-state index is 0.106. The van der Waals surface area contributed by atoms with Gasteiger partial charge in [-0.05, 0) is 69.9 Å². The average Bonchev–Trinajstić information content (AvgIpc) is 3.27. The van der Waals surface area contributed by atoms with Crippen LogP contribution in [-0.2, 0) is 6.54 Å². The van der Waals surface area contributed by atoms with Crippen molar-refractivity contribution in [3.63, 3.8) is 0 Å². The molecule has 4 nitrogen and oxygen atoms in total. The summed E-state index contributed by atoms with van der Waals surface area (Å²) in [5.41, 5.74) is 0.834. The van der Waals surface area contributed by atoms with E-state index in [1.165, 1.54) is 38.5 Å². The summed E-state index contributed by atoms with van der Waals surface area (Å²) in [6.45, 7) is 5.36. The predicted octanol–water partition coefficient (Wildman–Crippen LogP) is 3.15. The van der Waals surface area contributed by atoms with Gasteiger partial charge in [-0.1, -0.05) is 6.42 Å². The first-order chi connectivity index (χ1) is 11.1. The summed E-state index contributed by atoms with van der Waals surface area (Å²) >= 11 is 0. The van der Waals surface area contributed by atoms with Crippen molar-refractivity contribution < 1.29 is 5.11 Å². The van der Waals surface area contributed by atoms with Crippen molar-refractivity contribution in [3.05, 3.63) is 28.2 Å². The molecule has 0 amide bonds. The second kappa shape index (κ2) is 5.97. The first-order valence-electron chi connectivity index (χ1n) is 9.28. The zero-order chi connectivity index (χ0) is 16.0. The molecule has 0 radical (unpaired) electrons. The van der Waals surface area contributed by atoms with Crippen molar-refractivity contribution in [3.8, 4) is 5.75 Å². The molecule has 4 unspecified atom stereocenters. The summed E-state index contributed by atoms with van der Waals surface area (Å²) in [5, 5.41) is 9.96. The third-order valence-corrected chi connectivity index (χ3v) is 6.58. The summed E-state index contributed by atoms with van der Waals surface area (Å²) < 4.78 is 2.21. The molecule has 2 heterocycles. The van der Waals surface area contributed by atoms with Gasteiger partial charge >= 0.3 is 0 Å². The van der Waals surface area contributed by atoms with Gasteiger partial charge in [0.1, 0.15) is 0 Å². The Kier molecular flexibility index (Phi) is 3.96. The lowest BCUT2D eigenvalue weighted by atomic mass is 9.83.